The Morgan fingerprint density at radius 1 is 1.18 bits per heavy atom. The first-order valence-electron chi connectivity index (χ1n) is 5.16. The molecule has 2 nitrogen and oxygen atoms in total. The van der Waals surface area contributed by atoms with Crippen molar-refractivity contribution in [2.45, 2.75) is 11.2 Å². The van der Waals surface area contributed by atoms with Crippen LogP contribution >= 0.6 is 23.2 Å². The van der Waals surface area contributed by atoms with Gasteiger partial charge in [-0.2, -0.15) is 0 Å². The van der Waals surface area contributed by atoms with Crippen LogP contribution in [0.25, 0.3) is 0 Å². The van der Waals surface area contributed by atoms with E-state index in [4.69, 9.17) is 32.7 Å². The van der Waals surface area contributed by atoms with Crippen LogP contribution < -0.4 is 4.74 Å². The predicted molar refractivity (Wildman–Crippen MR) is 69.7 cm³/mol. The van der Waals surface area contributed by atoms with Crippen molar-refractivity contribution in [1.29, 1.82) is 0 Å². The number of benzene rings is 1. The maximum atomic E-state index is 6.40. The van der Waals surface area contributed by atoms with Crippen LogP contribution in [0.4, 0.5) is 0 Å². The van der Waals surface area contributed by atoms with Crippen molar-refractivity contribution in [2.24, 2.45) is 0 Å². The molecule has 0 spiro atoms. The van der Waals surface area contributed by atoms with Gasteiger partial charge in [0.2, 0.25) is 5.06 Å². The van der Waals surface area contributed by atoms with Gasteiger partial charge in [0, 0.05) is 12.1 Å². The minimum absolute atomic E-state index is 0.329. The summed E-state index contributed by atoms with van der Waals surface area (Å²) < 4.78 is 11.0. The van der Waals surface area contributed by atoms with Crippen LogP contribution in [0.3, 0.4) is 0 Å². The minimum Gasteiger partial charge on any atom is -0.465 e. The topological polar surface area (TPSA) is 18.5 Å². The van der Waals surface area contributed by atoms with Gasteiger partial charge in [-0.25, -0.2) is 0 Å². The standard InChI is InChI=1S/C13H12Cl2O2/c1-16-12-4-2-3-9-13(12,15)17-11-7-5-10(14)6-8-11/h2-9,12H,1H3. The molecular formula is C13H12Cl2O2. The molecule has 0 aliphatic heterocycles. The van der Waals surface area contributed by atoms with E-state index in [0.29, 0.717) is 10.8 Å². The normalized spacial score (nSPS) is 27.1. The van der Waals surface area contributed by atoms with E-state index in [2.05, 4.69) is 0 Å². The largest absolute Gasteiger partial charge is 0.465 e. The van der Waals surface area contributed by atoms with Crippen LogP contribution in [0.1, 0.15) is 0 Å². The molecule has 2 rings (SSSR count). The third-order valence-corrected chi connectivity index (χ3v) is 3.12. The molecule has 0 N–H and O–H groups in total. The fourth-order valence-electron chi connectivity index (χ4n) is 1.59. The summed E-state index contributed by atoms with van der Waals surface area (Å²) in [6.45, 7) is 0. The lowest BCUT2D eigenvalue weighted by atomic mass is 10.1. The second kappa shape index (κ2) is 5.13. The van der Waals surface area contributed by atoms with E-state index < -0.39 is 5.06 Å². The van der Waals surface area contributed by atoms with Crippen LogP contribution in [-0.2, 0) is 4.74 Å². The second-order valence-corrected chi connectivity index (χ2v) is 4.68. The first-order chi connectivity index (χ1) is 8.14. The average Bonchev–Trinajstić information content (AvgIpc) is 2.32. The van der Waals surface area contributed by atoms with E-state index in [1.54, 1.807) is 37.5 Å². The Morgan fingerprint density at radius 2 is 1.88 bits per heavy atom. The van der Waals surface area contributed by atoms with E-state index in [1.807, 2.05) is 18.2 Å². The van der Waals surface area contributed by atoms with Crippen molar-refractivity contribution in [1.82, 2.24) is 0 Å². The van der Waals surface area contributed by atoms with Crippen LogP contribution in [0.5, 0.6) is 5.75 Å². The van der Waals surface area contributed by atoms with Gasteiger partial charge < -0.3 is 9.47 Å². The third-order valence-electron chi connectivity index (χ3n) is 2.45. The highest BCUT2D eigenvalue weighted by Crippen LogP contribution is 2.31. The van der Waals surface area contributed by atoms with Crippen molar-refractivity contribution in [3.8, 4) is 5.75 Å². The molecule has 0 aromatic heterocycles. The average molecular weight is 271 g/mol. The van der Waals surface area contributed by atoms with E-state index >= 15 is 0 Å². The number of hydrogen-bond donors (Lipinski definition) is 0. The van der Waals surface area contributed by atoms with E-state index in [9.17, 15) is 0 Å². The molecule has 90 valence electrons. The first-order valence-corrected chi connectivity index (χ1v) is 5.92. The highest BCUT2D eigenvalue weighted by atomic mass is 35.5. The van der Waals surface area contributed by atoms with Crippen molar-refractivity contribution >= 4 is 23.2 Å². The van der Waals surface area contributed by atoms with E-state index in [1.165, 1.54) is 0 Å². The monoisotopic (exact) mass is 270 g/mol. The fraction of sp³-hybridized carbons (Fsp3) is 0.231. The van der Waals surface area contributed by atoms with Crippen LogP contribution in [0.2, 0.25) is 5.02 Å². The molecule has 2 atom stereocenters. The number of halogens is 2. The van der Waals surface area contributed by atoms with Crippen LogP contribution in [0.15, 0.2) is 48.6 Å². The molecule has 0 fully saturated rings. The van der Waals surface area contributed by atoms with E-state index in [0.717, 1.165) is 0 Å². The summed E-state index contributed by atoms with van der Waals surface area (Å²) in [6, 6.07) is 7.04. The first kappa shape index (κ1) is 12.5. The lowest BCUT2D eigenvalue weighted by Crippen LogP contribution is -2.41. The van der Waals surface area contributed by atoms with E-state index in [-0.39, 0.29) is 6.10 Å². The molecule has 17 heavy (non-hydrogen) atoms. The highest BCUT2D eigenvalue weighted by Gasteiger charge is 2.37. The van der Waals surface area contributed by atoms with Gasteiger partial charge in [0.1, 0.15) is 11.9 Å². The molecule has 0 radical (unpaired) electrons. The summed E-state index contributed by atoms with van der Waals surface area (Å²) in [4.78, 5) is 0. The lowest BCUT2D eigenvalue weighted by Gasteiger charge is -2.32. The second-order valence-electron chi connectivity index (χ2n) is 3.65. The molecule has 1 aliphatic carbocycles. The molecular weight excluding hydrogens is 259 g/mol. The van der Waals surface area contributed by atoms with Gasteiger partial charge in [0.05, 0.1) is 0 Å². The molecule has 0 saturated heterocycles. The smallest absolute Gasteiger partial charge is 0.231 e. The molecule has 0 heterocycles. The number of ether oxygens (including phenoxy) is 2. The molecule has 0 saturated carbocycles. The zero-order valence-electron chi connectivity index (χ0n) is 9.27. The zero-order valence-corrected chi connectivity index (χ0v) is 10.8. The molecule has 1 aromatic carbocycles. The van der Waals surface area contributed by atoms with Gasteiger partial charge >= 0.3 is 0 Å². The Kier molecular flexibility index (Phi) is 3.77. The molecule has 1 aliphatic rings. The molecule has 1 aromatic rings. The predicted octanol–water partition coefficient (Wildman–Crippen LogP) is 3.79. The Morgan fingerprint density at radius 3 is 2.53 bits per heavy atom. The van der Waals surface area contributed by atoms with Gasteiger partial charge in [-0.3, -0.25) is 0 Å². The third kappa shape index (κ3) is 2.83. The minimum atomic E-state index is -1.02. The van der Waals surface area contributed by atoms with Crippen LogP contribution in [0, 0.1) is 0 Å². The number of rotatable bonds is 3. The summed E-state index contributed by atoms with van der Waals surface area (Å²) in [5.41, 5.74) is 0. The number of methoxy groups -OCH3 is 1. The summed E-state index contributed by atoms with van der Waals surface area (Å²) in [5, 5.41) is -0.361. The Balaban J connectivity index is 2.18. The molecule has 0 bridgehead atoms. The van der Waals surface area contributed by atoms with Crippen molar-refractivity contribution in [2.75, 3.05) is 7.11 Å². The van der Waals surface area contributed by atoms with Gasteiger partial charge in [-0.15, -0.1) is 0 Å². The molecule has 4 heteroatoms. The van der Waals surface area contributed by atoms with Gasteiger partial charge in [-0.1, -0.05) is 41.4 Å². The summed E-state index contributed by atoms with van der Waals surface area (Å²) in [5.74, 6) is 0.645. The Bertz CT molecular complexity index is 439. The zero-order chi connectivity index (χ0) is 12.3. The summed E-state index contributed by atoms with van der Waals surface area (Å²) >= 11 is 12.2. The number of allylic oxidation sites excluding steroid dienone is 2. The maximum Gasteiger partial charge on any atom is 0.231 e. The number of hydrogen-bond acceptors (Lipinski definition) is 2. The fourth-order valence-corrected chi connectivity index (χ4v) is 2.04. The summed E-state index contributed by atoms with van der Waals surface area (Å²) in [6.07, 6.45) is 6.99. The van der Waals surface area contributed by atoms with Gasteiger partial charge in [-0.05, 0) is 30.3 Å². The van der Waals surface area contributed by atoms with Crippen molar-refractivity contribution < 1.29 is 9.47 Å². The lowest BCUT2D eigenvalue weighted by molar-refractivity contribution is 0.0304. The molecule has 0 amide bonds. The quantitative estimate of drug-likeness (QED) is 0.778. The summed E-state index contributed by atoms with van der Waals surface area (Å²) in [7, 11) is 1.59. The van der Waals surface area contributed by atoms with Gasteiger partial charge in [0.15, 0.2) is 0 Å². The van der Waals surface area contributed by atoms with Crippen molar-refractivity contribution in [3.63, 3.8) is 0 Å². The van der Waals surface area contributed by atoms with Gasteiger partial charge in [0.25, 0.3) is 0 Å². The van der Waals surface area contributed by atoms with Crippen molar-refractivity contribution in [3.05, 3.63) is 53.6 Å². The van der Waals surface area contributed by atoms with Crippen LogP contribution in [-0.4, -0.2) is 18.3 Å². The highest BCUT2D eigenvalue weighted by molar-refractivity contribution is 6.30. The number of alkyl halides is 1. The maximum absolute atomic E-state index is 6.40. The SMILES string of the molecule is COC1C=CC=CC1(Cl)Oc1ccc(Cl)cc1. The Labute approximate surface area is 110 Å². The molecule has 2 unspecified atom stereocenters. The Hall–Kier alpha value is -0.960.